The quantitative estimate of drug-likeness (QED) is 0.0955. The van der Waals surface area contributed by atoms with E-state index in [1.807, 2.05) is 30.3 Å². The van der Waals surface area contributed by atoms with Crippen LogP contribution in [0.5, 0.6) is 0 Å². The van der Waals surface area contributed by atoms with Gasteiger partial charge in [0.1, 0.15) is 0 Å². The molecule has 1 radical (unpaired) electrons. The van der Waals surface area contributed by atoms with Crippen molar-refractivity contribution in [1.82, 2.24) is 4.90 Å². The van der Waals surface area contributed by atoms with Gasteiger partial charge in [0.15, 0.2) is 0 Å². The van der Waals surface area contributed by atoms with Gasteiger partial charge in [0.25, 0.3) is 0 Å². The molecule has 40 heavy (non-hydrogen) atoms. The van der Waals surface area contributed by atoms with E-state index in [1.165, 1.54) is 17.5 Å². The van der Waals surface area contributed by atoms with Crippen LogP contribution >= 0.6 is 27.5 Å². The predicted molar refractivity (Wildman–Crippen MR) is 164 cm³/mol. The first-order valence-electron chi connectivity index (χ1n) is 13.7. The van der Waals surface area contributed by atoms with E-state index < -0.39 is 0 Å². The number of esters is 1. The molecule has 8 heteroatoms. The Labute approximate surface area is 281 Å². The zero-order valence-electron chi connectivity index (χ0n) is 24.1. The molecule has 2 aromatic carbocycles. The summed E-state index contributed by atoms with van der Waals surface area (Å²) in [5, 5.41) is 1.63. The Morgan fingerprint density at radius 1 is 1.00 bits per heavy atom. The number of benzene rings is 2. The van der Waals surface area contributed by atoms with Crippen molar-refractivity contribution in [2.75, 3.05) is 45.4 Å². The van der Waals surface area contributed by atoms with Crippen LogP contribution in [-0.4, -0.2) is 68.4 Å². The van der Waals surface area contributed by atoms with E-state index in [0.717, 1.165) is 55.7 Å². The fourth-order valence-electron chi connectivity index (χ4n) is 5.45. The number of rotatable bonds is 13. The molecule has 5 nitrogen and oxygen atoms in total. The normalized spacial score (nSPS) is 21.4. The summed E-state index contributed by atoms with van der Waals surface area (Å²) in [4.78, 5) is 15.5. The molecule has 2 bridgehead atoms. The first-order valence-corrected chi connectivity index (χ1v) is 15.2. The maximum atomic E-state index is 13.0. The van der Waals surface area contributed by atoms with Crippen LogP contribution in [0.3, 0.4) is 0 Å². The molecule has 0 aromatic heterocycles. The Balaban J connectivity index is 0.000000531. The van der Waals surface area contributed by atoms with Crippen molar-refractivity contribution in [1.29, 1.82) is 0 Å². The zero-order chi connectivity index (χ0) is 27.2. The van der Waals surface area contributed by atoms with Crippen LogP contribution < -0.4 is 0 Å². The van der Waals surface area contributed by atoms with Crippen LogP contribution in [0.15, 0.2) is 54.6 Å². The maximum Gasteiger partial charge on any atom is 0.309 e. The van der Waals surface area contributed by atoms with Crippen LogP contribution in [0.2, 0.25) is 5.02 Å². The average Bonchev–Trinajstić information content (AvgIpc) is 3.16. The van der Waals surface area contributed by atoms with E-state index >= 15 is 0 Å². The molecule has 2 aliphatic rings. The van der Waals surface area contributed by atoms with Crippen molar-refractivity contribution in [3.05, 3.63) is 85.1 Å². The Kier molecular flexibility index (Phi) is 20.1. The molecule has 2 heterocycles. The van der Waals surface area contributed by atoms with Crippen molar-refractivity contribution in [3.8, 4) is 0 Å². The predicted octanol–water partition coefficient (Wildman–Crippen LogP) is 7.17. The van der Waals surface area contributed by atoms with Gasteiger partial charge in [-0.25, -0.2) is 0 Å². The molecular weight excluding hydrogens is 667 g/mol. The minimum absolute atomic E-state index is 0. The first-order chi connectivity index (χ1) is 18.5. The summed E-state index contributed by atoms with van der Waals surface area (Å²) in [6.45, 7) is 7.13. The Morgan fingerprint density at radius 3 is 2.33 bits per heavy atom. The zero-order valence-corrected chi connectivity index (χ0v) is 29.3. The number of carbonyl (C=O) groups excluding carboxylic acids is 1. The van der Waals surface area contributed by atoms with Gasteiger partial charge in [-0.3, -0.25) is 9.69 Å². The summed E-state index contributed by atoms with van der Waals surface area (Å²) >= 11 is 9.35. The third-order valence-electron chi connectivity index (χ3n) is 7.44. The van der Waals surface area contributed by atoms with Crippen LogP contribution in [0.1, 0.15) is 49.1 Å². The van der Waals surface area contributed by atoms with Gasteiger partial charge < -0.3 is 28.6 Å². The topological polar surface area (TPSA) is 48.0 Å². The second-order valence-electron chi connectivity index (χ2n) is 9.91. The third kappa shape index (κ3) is 12.1. The Morgan fingerprint density at radius 2 is 1.68 bits per heavy atom. The molecule has 0 saturated carbocycles. The van der Waals surface area contributed by atoms with Gasteiger partial charge in [0.2, 0.25) is 0 Å². The van der Waals surface area contributed by atoms with Crippen molar-refractivity contribution < 1.29 is 51.7 Å². The van der Waals surface area contributed by atoms with Crippen molar-refractivity contribution in [2.24, 2.45) is 5.92 Å². The van der Waals surface area contributed by atoms with E-state index in [9.17, 15) is 4.79 Å². The molecule has 0 N–H and O–H groups in total. The molecular formula is C32H45BrClNO4Y-2. The molecule has 221 valence electrons. The maximum absolute atomic E-state index is 13.0. The second kappa shape index (κ2) is 21.4. The molecule has 2 fully saturated rings. The smallest absolute Gasteiger partial charge is 0.309 e. The van der Waals surface area contributed by atoms with E-state index in [0.29, 0.717) is 31.9 Å². The molecule has 2 aliphatic heterocycles. The minimum Gasteiger partial charge on any atom is -0.465 e. The summed E-state index contributed by atoms with van der Waals surface area (Å²) in [7, 11) is 2.20. The van der Waals surface area contributed by atoms with E-state index in [4.69, 9.17) is 25.8 Å². The number of carbonyl (C=O) groups is 1. The van der Waals surface area contributed by atoms with Gasteiger partial charge in [-0.15, -0.1) is 0 Å². The monoisotopic (exact) mass is 710 g/mol. The van der Waals surface area contributed by atoms with Crippen molar-refractivity contribution in [2.45, 2.75) is 56.5 Å². The van der Waals surface area contributed by atoms with Crippen molar-refractivity contribution >= 4 is 33.5 Å². The molecule has 0 aliphatic carbocycles. The number of hydrogen-bond acceptors (Lipinski definition) is 5. The second-order valence-corrected chi connectivity index (χ2v) is 11.1. The van der Waals surface area contributed by atoms with E-state index in [-0.39, 0.29) is 57.9 Å². The van der Waals surface area contributed by atoms with E-state index in [2.05, 4.69) is 59.1 Å². The molecule has 0 amide bonds. The fourth-order valence-corrected chi connectivity index (χ4v) is 5.81. The van der Waals surface area contributed by atoms with Crippen LogP contribution in [0, 0.1) is 20.3 Å². The Hall–Kier alpha value is -0.336. The van der Waals surface area contributed by atoms with Crippen LogP contribution in [0.25, 0.3) is 0 Å². The standard InChI is InChI=1S/C23H26ClNO2.C8H16BrO2.CH3.Y/c1-25-19-11-12-21(25)22(17-7-9-18(24)10-8-17)20(15-19)23(26)27-14-13-16-5-3-2-4-6-16;1-2-3-5-10-7-8-11-6-4-9;;/h2-10,19-22H,11-15H2,1H3;1-8H2;1H3;/q;2*-1;/t19-,20?,21+,22?;;;/m0.../s1. The molecule has 4 rings (SSSR count). The summed E-state index contributed by atoms with van der Waals surface area (Å²) in [6, 6.07) is 19.1. The van der Waals surface area contributed by atoms with Crippen LogP contribution in [0.4, 0.5) is 0 Å². The van der Waals surface area contributed by atoms with Gasteiger partial charge >= 0.3 is 5.97 Å². The summed E-state index contributed by atoms with van der Waals surface area (Å²) in [5.41, 5.74) is 2.39. The molecule has 0 spiro atoms. The van der Waals surface area contributed by atoms with Gasteiger partial charge in [-0.05, 0) is 49.6 Å². The Bertz CT molecular complexity index is 928. The van der Waals surface area contributed by atoms with Gasteiger partial charge in [-0.1, -0.05) is 76.4 Å². The van der Waals surface area contributed by atoms with Crippen molar-refractivity contribution in [3.63, 3.8) is 0 Å². The number of ether oxygens (including phenoxy) is 3. The van der Waals surface area contributed by atoms with Crippen LogP contribution in [-0.2, 0) is 58.1 Å². The number of unbranched alkanes of at least 4 members (excludes halogenated alkanes) is 1. The molecule has 2 aromatic rings. The van der Waals surface area contributed by atoms with E-state index in [1.54, 1.807) is 0 Å². The summed E-state index contributed by atoms with van der Waals surface area (Å²) in [6.07, 6.45) is 5.93. The first kappa shape index (κ1) is 37.7. The number of likely N-dealkylation sites (N-methyl/N-ethyl adjacent to an activating group) is 1. The largest absolute Gasteiger partial charge is 0.465 e. The van der Waals surface area contributed by atoms with Gasteiger partial charge in [-0.2, -0.15) is 6.42 Å². The molecule has 2 saturated heterocycles. The SMILES string of the molecule is CN1[C@H]2CC[C@@H]1C(c1ccc(Cl)cc1)C(C(=O)OCCc1ccccc1)C2.[CH2-]CCCOCCOCCBr.[CH3-].[Y]. The number of piperidine rings is 1. The summed E-state index contributed by atoms with van der Waals surface area (Å²) in [5.74, 6) is 0.0572. The average molecular weight is 712 g/mol. The third-order valence-corrected chi connectivity index (χ3v) is 8.01. The number of halogens is 2. The number of alkyl halides is 1. The fraction of sp³-hybridized carbons (Fsp3) is 0.531. The number of nitrogens with zero attached hydrogens (tertiary/aromatic N) is 1. The molecule has 2 unspecified atom stereocenters. The van der Waals surface area contributed by atoms with Gasteiger partial charge in [0.05, 0.1) is 32.3 Å². The number of hydrogen-bond donors (Lipinski definition) is 0. The van der Waals surface area contributed by atoms with Gasteiger partial charge in [0, 0.05) is 74.1 Å². The molecule has 4 atom stereocenters. The summed E-state index contributed by atoms with van der Waals surface area (Å²) < 4.78 is 16.2. The number of fused-ring (bicyclic) bond motifs is 2. The minimum atomic E-state index is -0.0735.